The molecule has 8 nitrogen and oxygen atoms in total. The van der Waals surface area contributed by atoms with Crippen molar-refractivity contribution in [2.24, 2.45) is 22.9 Å². The molecule has 0 aromatic rings. The monoisotopic (exact) mass is 351 g/mol. The van der Waals surface area contributed by atoms with Gasteiger partial charge in [-0.05, 0) is 0 Å². The Balaban J connectivity index is -0.0000000113. The molecule has 0 rings (SSSR count). The Morgan fingerprint density at radius 2 is 0.556 bits per heavy atom. The third kappa shape index (κ3) is 3270. The van der Waals surface area contributed by atoms with Gasteiger partial charge in [0.15, 0.2) is 0 Å². The molecule has 0 aliphatic heterocycles. The van der Waals surface area contributed by atoms with Gasteiger partial charge in [-0.25, -0.2) is 0 Å². The summed E-state index contributed by atoms with van der Waals surface area (Å²) in [6.45, 7) is 21.4. The fourth-order valence-electron chi connectivity index (χ4n) is 0. The SMILES string of the molecule is NCCN.NCCN.[C-]#N.[C-]#N.[C-]#N.[C-]#N.[Cu+2].[Zn+2]. The molecule has 0 amide bonds. The summed E-state index contributed by atoms with van der Waals surface area (Å²) in [4.78, 5) is 0. The number of hydrogen-bond acceptors (Lipinski definition) is 8. The van der Waals surface area contributed by atoms with Crippen LogP contribution >= 0.6 is 0 Å². The van der Waals surface area contributed by atoms with Gasteiger partial charge in [0.1, 0.15) is 0 Å². The molecule has 0 unspecified atom stereocenters. The van der Waals surface area contributed by atoms with Crippen LogP contribution in [-0.2, 0) is 36.5 Å². The molecule has 0 atom stereocenters. The summed E-state index contributed by atoms with van der Waals surface area (Å²) in [5, 5.41) is 25.0. The van der Waals surface area contributed by atoms with E-state index in [-0.39, 0.29) is 36.5 Å². The number of nitrogens with zero attached hydrogens (tertiary/aromatic N) is 4. The molecule has 0 saturated heterocycles. The van der Waals surface area contributed by atoms with Gasteiger partial charge in [0, 0.05) is 26.2 Å². The maximum absolute atomic E-state index is 6.25. The van der Waals surface area contributed by atoms with E-state index in [1.807, 2.05) is 0 Å². The van der Waals surface area contributed by atoms with Crippen molar-refractivity contribution in [2.45, 2.75) is 0 Å². The van der Waals surface area contributed by atoms with Crippen LogP contribution in [-0.4, -0.2) is 26.2 Å². The molecule has 0 spiro atoms. The molecule has 10 heteroatoms. The number of rotatable bonds is 2. The summed E-state index contributed by atoms with van der Waals surface area (Å²) in [5.74, 6) is 0. The summed E-state index contributed by atoms with van der Waals surface area (Å²) < 4.78 is 0. The molecular weight excluding hydrogens is 337 g/mol. The number of nitrogens with two attached hydrogens (primary N) is 4. The van der Waals surface area contributed by atoms with Crippen molar-refractivity contribution in [1.82, 2.24) is 0 Å². The van der Waals surface area contributed by atoms with Crippen molar-refractivity contribution >= 4 is 0 Å². The van der Waals surface area contributed by atoms with Crippen molar-refractivity contribution in [3.05, 3.63) is 26.3 Å². The molecule has 18 heavy (non-hydrogen) atoms. The zero-order valence-electron chi connectivity index (χ0n) is 9.94. The Kier molecular flexibility index (Phi) is 1230. The molecule has 0 bridgehead atoms. The fraction of sp³-hybridized carbons (Fsp3) is 0.500. The number of hydrogen-bond donors (Lipinski definition) is 4. The van der Waals surface area contributed by atoms with E-state index in [1.165, 1.54) is 0 Å². The largest absolute Gasteiger partial charge is 2.00 e. The Bertz CT molecular complexity index is 104. The van der Waals surface area contributed by atoms with Gasteiger partial charge in [-0.3, -0.25) is 0 Å². The second-order valence-electron chi connectivity index (χ2n) is 1.15. The first-order chi connectivity index (χ1) is 7.83. The van der Waals surface area contributed by atoms with Crippen molar-refractivity contribution in [2.75, 3.05) is 26.2 Å². The zero-order valence-corrected chi connectivity index (χ0v) is 13.8. The first-order valence-electron chi connectivity index (χ1n) is 3.53. The Morgan fingerprint density at radius 1 is 0.500 bits per heavy atom. The van der Waals surface area contributed by atoms with Gasteiger partial charge in [0.25, 0.3) is 0 Å². The van der Waals surface area contributed by atoms with Crippen molar-refractivity contribution in [3.8, 4) is 0 Å². The van der Waals surface area contributed by atoms with Crippen LogP contribution in [0.4, 0.5) is 0 Å². The third-order valence-corrected chi connectivity index (χ3v) is 0.333. The average Bonchev–Trinajstić information content (AvgIpc) is 2.47. The standard InChI is InChI=1S/2C2H8N2.4CN.Cu.Zn/c2*3-1-2-4;4*1-2;;/h2*1-4H2;;;;;;/q;;4*-1;2*+2. The second-order valence-corrected chi connectivity index (χ2v) is 1.15. The van der Waals surface area contributed by atoms with E-state index in [2.05, 4.69) is 0 Å². The van der Waals surface area contributed by atoms with Crippen molar-refractivity contribution in [1.29, 1.82) is 21.0 Å². The summed E-state index contributed by atoms with van der Waals surface area (Å²) >= 11 is 0. The molecule has 1 radical (unpaired) electrons. The van der Waals surface area contributed by atoms with Crippen LogP contribution in [0.2, 0.25) is 0 Å². The van der Waals surface area contributed by atoms with E-state index in [4.69, 9.17) is 70.3 Å². The molecule has 101 valence electrons. The average molecular weight is 353 g/mol. The minimum absolute atomic E-state index is 0. The predicted molar refractivity (Wildman–Crippen MR) is 56.1 cm³/mol. The maximum Gasteiger partial charge on any atom is 2.00 e. The maximum atomic E-state index is 6.25. The molecule has 0 aliphatic carbocycles. The summed E-state index contributed by atoms with van der Waals surface area (Å²) in [7, 11) is 0. The first kappa shape index (κ1) is 53.8. The summed E-state index contributed by atoms with van der Waals surface area (Å²) in [5.41, 5.74) is 19.6. The predicted octanol–water partition coefficient (Wildman–Crippen LogP) is -1.81. The molecular formula is C8H16CuN8Zn. The molecule has 8 N–H and O–H groups in total. The molecule has 0 aromatic heterocycles. The van der Waals surface area contributed by atoms with E-state index in [9.17, 15) is 0 Å². The molecule has 0 fully saturated rings. The normalized spacial score (nSPS) is 3.78. The molecule has 0 aromatic carbocycles. The van der Waals surface area contributed by atoms with Gasteiger partial charge in [0.2, 0.25) is 0 Å². The van der Waals surface area contributed by atoms with Crippen LogP contribution < -0.4 is 22.9 Å². The van der Waals surface area contributed by atoms with Crippen LogP contribution in [0, 0.1) is 47.3 Å². The van der Waals surface area contributed by atoms with E-state index in [1.54, 1.807) is 0 Å². The molecule has 0 aliphatic rings. The Morgan fingerprint density at radius 3 is 0.556 bits per heavy atom. The van der Waals surface area contributed by atoms with Crippen LogP contribution in [0.25, 0.3) is 0 Å². The fourth-order valence-corrected chi connectivity index (χ4v) is 0. The van der Waals surface area contributed by atoms with Crippen LogP contribution in [0.5, 0.6) is 0 Å². The minimum atomic E-state index is 0. The van der Waals surface area contributed by atoms with Crippen molar-refractivity contribution < 1.29 is 36.5 Å². The quantitative estimate of drug-likeness (QED) is 0.328. The molecule has 0 saturated carbocycles. The Labute approximate surface area is 133 Å². The Hall–Kier alpha value is -1.06. The zero-order chi connectivity index (χ0) is 14.8. The van der Waals surface area contributed by atoms with Crippen LogP contribution in [0.1, 0.15) is 0 Å². The molecule has 0 heterocycles. The van der Waals surface area contributed by atoms with Crippen LogP contribution in [0.15, 0.2) is 0 Å². The van der Waals surface area contributed by atoms with Crippen LogP contribution in [0.3, 0.4) is 0 Å². The minimum Gasteiger partial charge on any atom is -0.512 e. The first-order valence-corrected chi connectivity index (χ1v) is 3.53. The second kappa shape index (κ2) is 411. The van der Waals surface area contributed by atoms with Gasteiger partial charge < -0.3 is 70.3 Å². The van der Waals surface area contributed by atoms with Gasteiger partial charge in [-0.15, -0.1) is 0 Å². The smallest absolute Gasteiger partial charge is 0.512 e. The van der Waals surface area contributed by atoms with E-state index in [0.29, 0.717) is 26.2 Å². The van der Waals surface area contributed by atoms with Gasteiger partial charge in [0.05, 0.1) is 0 Å². The van der Waals surface area contributed by atoms with E-state index < -0.39 is 0 Å². The topological polar surface area (TPSA) is 199 Å². The van der Waals surface area contributed by atoms with Gasteiger partial charge in [-0.2, -0.15) is 0 Å². The van der Waals surface area contributed by atoms with Gasteiger partial charge in [-0.1, -0.05) is 0 Å². The summed E-state index contributed by atoms with van der Waals surface area (Å²) in [6.07, 6.45) is 0. The van der Waals surface area contributed by atoms with Gasteiger partial charge >= 0.3 is 36.5 Å². The summed E-state index contributed by atoms with van der Waals surface area (Å²) in [6, 6.07) is 0. The third-order valence-electron chi connectivity index (χ3n) is 0.333. The van der Waals surface area contributed by atoms with E-state index >= 15 is 0 Å². The van der Waals surface area contributed by atoms with E-state index in [0.717, 1.165) is 0 Å². The van der Waals surface area contributed by atoms with Crippen molar-refractivity contribution in [3.63, 3.8) is 0 Å².